The van der Waals surface area contributed by atoms with Gasteiger partial charge in [-0.05, 0) is 65.9 Å². The fraction of sp³-hybridized carbons (Fsp3) is 0.276. The number of nitrogens with zero attached hydrogens (tertiary/aromatic N) is 1. The summed E-state index contributed by atoms with van der Waals surface area (Å²) in [6.07, 6.45) is -5.60. The molecule has 4 N–H and O–H groups in total. The standard InChI is InChI=1S/C29H26F4N4O8/c1-14-7-17-11-19(8-14)45-23-12-16(4-6-22(23)44-2)24(36-28(41)29(31,32)33)26(38)35-18(13-34-25(17)27(39)40)9-15-3-5-20(30)21(10-15)37(42)43/h3-8,10-12,18,24-25,34H,9,13H2,1-2H3,(H,35,38)(H,36,41)(H,39,40)/t18-,24-,25+/m1/s1. The van der Waals surface area contributed by atoms with E-state index in [1.165, 1.54) is 37.4 Å². The molecule has 4 bridgehead atoms. The van der Waals surface area contributed by atoms with Crippen molar-refractivity contribution in [3.8, 4) is 17.2 Å². The van der Waals surface area contributed by atoms with Gasteiger partial charge in [-0.3, -0.25) is 29.8 Å². The molecule has 3 aromatic carbocycles. The molecule has 12 nitrogen and oxygen atoms in total. The summed E-state index contributed by atoms with van der Waals surface area (Å²) in [5, 5.41) is 28.3. The minimum atomic E-state index is -5.36. The van der Waals surface area contributed by atoms with Crippen molar-refractivity contribution in [1.29, 1.82) is 0 Å². The number of nitro benzene ring substituents is 1. The highest BCUT2D eigenvalue weighted by atomic mass is 19.4. The summed E-state index contributed by atoms with van der Waals surface area (Å²) in [5.74, 6) is -5.80. The Morgan fingerprint density at radius 1 is 1.13 bits per heavy atom. The van der Waals surface area contributed by atoms with Crippen LogP contribution < -0.4 is 25.4 Å². The number of benzene rings is 3. The van der Waals surface area contributed by atoms with Crippen molar-refractivity contribution >= 4 is 23.5 Å². The lowest BCUT2D eigenvalue weighted by molar-refractivity contribution is -0.387. The molecule has 0 radical (unpaired) electrons. The van der Waals surface area contributed by atoms with Crippen LogP contribution in [0.4, 0.5) is 23.2 Å². The van der Waals surface area contributed by atoms with E-state index >= 15 is 0 Å². The van der Waals surface area contributed by atoms with E-state index in [9.17, 15) is 47.2 Å². The summed E-state index contributed by atoms with van der Waals surface area (Å²) < 4.78 is 65.1. The van der Waals surface area contributed by atoms with Gasteiger partial charge in [-0.2, -0.15) is 17.6 Å². The molecule has 0 unspecified atom stereocenters. The van der Waals surface area contributed by atoms with Crippen molar-refractivity contribution in [2.24, 2.45) is 0 Å². The van der Waals surface area contributed by atoms with Gasteiger partial charge in [0.05, 0.1) is 12.0 Å². The van der Waals surface area contributed by atoms with Crippen molar-refractivity contribution in [2.45, 2.75) is 37.6 Å². The average molecular weight is 635 g/mol. The van der Waals surface area contributed by atoms with E-state index in [1.807, 2.05) is 0 Å². The SMILES string of the molecule is COc1ccc2cc1Oc1cc(C)cc(c1)[C@@H](C(=O)O)NC[C@@H](Cc1ccc(F)c([N+](=O)[O-])c1)NC(=O)[C@@H]2NC(=O)C(F)(F)F. The first-order valence-electron chi connectivity index (χ1n) is 13.2. The van der Waals surface area contributed by atoms with Gasteiger partial charge in [0.1, 0.15) is 17.8 Å². The van der Waals surface area contributed by atoms with Crippen LogP contribution >= 0.6 is 0 Å². The number of nitrogens with one attached hydrogen (secondary N) is 3. The second kappa shape index (κ2) is 13.2. The predicted molar refractivity (Wildman–Crippen MR) is 148 cm³/mol. The zero-order chi connectivity index (χ0) is 33.1. The van der Waals surface area contributed by atoms with Crippen LogP contribution in [-0.4, -0.2) is 53.7 Å². The molecule has 1 aliphatic heterocycles. The third-order valence-corrected chi connectivity index (χ3v) is 6.80. The molecule has 45 heavy (non-hydrogen) atoms. The monoisotopic (exact) mass is 634 g/mol. The number of hydrogen-bond donors (Lipinski definition) is 4. The first-order valence-corrected chi connectivity index (χ1v) is 13.2. The Balaban J connectivity index is 1.85. The van der Waals surface area contributed by atoms with Gasteiger partial charge in [0.15, 0.2) is 11.5 Å². The number of methoxy groups -OCH3 is 1. The summed E-state index contributed by atoms with van der Waals surface area (Å²) in [5.41, 5.74) is 0.0129. The molecule has 0 saturated heterocycles. The molecule has 0 aromatic heterocycles. The summed E-state index contributed by atoms with van der Waals surface area (Å²) >= 11 is 0. The highest BCUT2D eigenvalue weighted by Crippen LogP contribution is 2.36. The molecule has 3 atom stereocenters. The summed E-state index contributed by atoms with van der Waals surface area (Å²) in [7, 11) is 1.30. The van der Waals surface area contributed by atoms with Crippen molar-refractivity contribution in [1.82, 2.24) is 16.0 Å². The van der Waals surface area contributed by atoms with E-state index in [0.29, 0.717) is 5.56 Å². The first kappa shape index (κ1) is 32.7. The Hall–Kier alpha value is -5.25. The van der Waals surface area contributed by atoms with Crippen molar-refractivity contribution in [3.05, 3.63) is 92.8 Å². The molecule has 2 amide bonds. The summed E-state index contributed by atoms with van der Waals surface area (Å²) in [4.78, 5) is 48.2. The molecular formula is C29H26F4N4O8. The number of halogens is 4. The molecule has 3 aromatic rings. The number of rotatable bonds is 6. The Bertz CT molecular complexity index is 1650. The molecule has 1 heterocycles. The first-order chi connectivity index (χ1) is 21.2. The van der Waals surface area contributed by atoms with Crippen molar-refractivity contribution in [3.63, 3.8) is 0 Å². The second-order valence-corrected chi connectivity index (χ2v) is 10.1. The summed E-state index contributed by atoms with van der Waals surface area (Å²) in [6, 6.07) is 6.84. The van der Waals surface area contributed by atoms with Gasteiger partial charge in [-0.1, -0.05) is 18.2 Å². The third-order valence-electron chi connectivity index (χ3n) is 6.80. The Morgan fingerprint density at radius 2 is 1.87 bits per heavy atom. The van der Waals surface area contributed by atoms with Crippen molar-refractivity contribution < 1.29 is 51.4 Å². The van der Waals surface area contributed by atoms with Crippen LogP contribution in [0.25, 0.3) is 0 Å². The van der Waals surface area contributed by atoms with Gasteiger partial charge in [0, 0.05) is 18.7 Å². The van der Waals surface area contributed by atoms with Crippen molar-refractivity contribution in [2.75, 3.05) is 13.7 Å². The molecular weight excluding hydrogens is 608 g/mol. The van der Waals surface area contributed by atoms with E-state index in [-0.39, 0.29) is 46.9 Å². The Labute approximate surface area is 252 Å². The fourth-order valence-corrected chi connectivity index (χ4v) is 4.77. The number of hydrogen-bond acceptors (Lipinski definition) is 8. The minimum absolute atomic E-state index is 0.0577. The van der Waals surface area contributed by atoms with E-state index in [1.54, 1.807) is 24.4 Å². The van der Waals surface area contributed by atoms with E-state index < -0.39 is 58.5 Å². The van der Waals surface area contributed by atoms with Crippen LogP contribution in [0.2, 0.25) is 0 Å². The molecule has 0 fully saturated rings. The van der Waals surface area contributed by atoms with Crippen LogP contribution in [0.1, 0.15) is 34.3 Å². The Morgan fingerprint density at radius 3 is 2.51 bits per heavy atom. The topological polar surface area (TPSA) is 169 Å². The number of fused-ring (bicyclic) bond motifs is 4. The normalized spacial score (nSPS) is 18.5. The zero-order valence-electron chi connectivity index (χ0n) is 23.6. The number of aliphatic carboxylic acids is 1. The van der Waals surface area contributed by atoms with E-state index in [0.717, 1.165) is 12.1 Å². The number of ether oxygens (including phenoxy) is 2. The number of carboxylic acids is 1. The average Bonchev–Trinajstić information content (AvgIpc) is 2.95. The second-order valence-electron chi connectivity index (χ2n) is 10.1. The molecule has 238 valence electrons. The maximum atomic E-state index is 14.0. The molecule has 16 heteroatoms. The predicted octanol–water partition coefficient (Wildman–Crippen LogP) is 4.02. The van der Waals surface area contributed by atoms with E-state index in [2.05, 4.69) is 10.6 Å². The minimum Gasteiger partial charge on any atom is -0.493 e. The zero-order valence-corrected chi connectivity index (χ0v) is 23.6. The van der Waals surface area contributed by atoms with Crippen LogP contribution in [0.3, 0.4) is 0 Å². The maximum absolute atomic E-state index is 14.0. The largest absolute Gasteiger partial charge is 0.493 e. The quantitative estimate of drug-likeness (QED) is 0.178. The van der Waals surface area contributed by atoms with Gasteiger partial charge < -0.3 is 25.2 Å². The maximum Gasteiger partial charge on any atom is 0.471 e. The van der Waals surface area contributed by atoms with Gasteiger partial charge in [-0.15, -0.1) is 0 Å². The highest BCUT2D eigenvalue weighted by molar-refractivity contribution is 5.91. The fourth-order valence-electron chi connectivity index (χ4n) is 4.77. The molecule has 0 spiro atoms. The van der Waals surface area contributed by atoms with Crippen LogP contribution in [0, 0.1) is 22.9 Å². The number of carbonyl (C=O) groups is 3. The highest BCUT2D eigenvalue weighted by Gasteiger charge is 2.41. The van der Waals surface area contributed by atoms with Crippen LogP contribution in [0.5, 0.6) is 17.2 Å². The Kier molecular flexibility index (Phi) is 9.56. The molecule has 0 saturated carbocycles. The van der Waals surface area contributed by atoms with Gasteiger partial charge >= 0.3 is 23.7 Å². The number of nitro groups is 1. The lowest BCUT2D eigenvalue weighted by Crippen LogP contribution is -2.51. The lowest BCUT2D eigenvalue weighted by atomic mass is 10.00. The summed E-state index contributed by atoms with van der Waals surface area (Å²) in [6.45, 7) is 1.35. The van der Waals surface area contributed by atoms with Crippen LogP contribution in [0.15, 0.2) is 54.6 Å². The van der Waals surface area contributed by atoms with Gasteiger partial charge in [-0.25, -0.2) is 0 Å². The third kappa shape index (κ3) is 7.83. The number of amides is 2. The smallest absolute Gasteiger partial charge is 0.471 e. The number of aryl methyl sites for hydroxylation is 1. The molecule has 4 rings (SSSR count). The number of carbonyl (C=O) groups excluding carboxylic acids is 2. The van der Waals surface area contributed by atoms with Gasteiger partial charge in [0.2, 0.25) is 11.7 Å². The molecule has 0 aliphatic carbocycles. The van der Waals surface area contributed by atoms with Gasteiger partial charge in [0.25, 0.3) is 0 Å². The van der Waals surface area contributed by atoms with E-state index in [4.69, 9.17) is 9.47 Å². The molecule has 1 aliphatic rings. The van der Waals surface area contributed by atoms with Crippen LogP contribution in [-0.2, 0) is 20.8 Å². The number of alkyl halides is 3. The lowest BCUT2D eigenvalue weighted by Gasteiger charge is -2.27. The number of carboxylic acid groups (broad SMARTS) is 1.